The molecule has 2 aromatic carbocycles. The number of hydrogen-bond acceptors (Lipinski definition) is 4. The van der Waals surface area contributed by atoms with Crippen molar-refractivity contribution in [3.05, 3.63) is 74.2 Å². The molecule has 152 valence electrons. The summed E-state index contributed by atoms with van der Waals surface area (Å²) in [5.74, 6) is 0.201. The van der Waals surface area contributed by atoms with Crippen LogP contribution in [0.15, 0.2) is 45.6 Å². The van der Waals surface area contributed by atoms with Crippen LogP contribution in [0.4, 0.5) is 0 Å². The Morgan fingerprint density at radius 1 is 1.17 bits per heavy atom. The van der Waals surface area contributed by atoms with E-state index < -0.39 is 0 Å². The highest BCUT2D eigenvalue weighted by Crippen LogP contribution is 2.35. The second-order valence-corrected chi connectivity index (χ2v) is 8.13. The number of aromatic nitrogens is 1. The van der Waals surface area contributed by atoms with E-state index in [1.165, 1.54) is 0 Å². The molecule has 0 atom stereocenters. The topological polar surface area (TPSA) is 61.4 Å². The van der Waals surface area contributed by atoms with E-state index in [0.717, 1.165) is 52.4 Å². The van der Waals surface area contributed by atoms with Crippen LogP contribution >= 0.6 is 11.6 Å². The number of rotatable bonds is 4. The fourth-order valence-corrected chi connectivity index (χ4v) is 4.70. The second kappa shape index (κ2) is 7.03. The van der Waals surface area contributed by atoms with Gasteiger partial charge in [0.2, 0.25) is 5.78 Å². The normalized spacial score (nSPS) is 13.2. The third-order valence-electron chi connectivity index (χ3n) is 6.06. The molecule has 5 nitrogen and oxygen atoms in total. The van der Waals surface area contributed by atoms with Gasteiger partial charge in [-0.25, -0.2) is 4.79 Å². The number of ether oxygens (including phenoxy) is 1. The number of ketones is 1. The van der Waals surface area contributed by atoms with Gasteiger partial charge in [0.15, 0.2) is 6.61 Å². The summed E-state index contributed by atoms with van der Waals surface area (Å²) >= 11 is 6.44. The number of aryl methyl sites for hydroxylation is 2. The quantitative estimate of drug-likeness (QED) is 0.344. The molecule has 30 heavy (non-hydrogen) atoms. The minimum Gasteiger partial charge on any atom is -0.484 e. The highest BCUT2D eigenvalue weighted by molar-refractivity contribution is 6.32. The molecular weight excluding hydrogens is 402 g/mol. The van der Waals surface area contributed by atoms with Crippen molar-refractivity contribution in [1.82, 2.24) is 4.57 Å². The molecule has 0 bridgehead atoms. The third-order valence-corrected chi connectivity index (χ3v) is 6.36. The summed E-state index contributed by atoms with van der Waals surface area (Å²) in [6, 6.07) is 11.2. The number of fused-ring (bicyclic) bond motifs is 4. The van der Waals surface area contributed by atoms with Gasteiger partial charge in [-0.15, -0.1) is 0 Å². The Morgan fingerprint density at radius 2 is 1.93 bits per heavy atom. The van der Waals surface area contributed by atoms with Gasteiger partial charge in [0.1, 0.15) is 11.3 Å². The largest absolute Gasteiger partial charge is 0.484 e. The zero-order valence-electron chi connectivity index (χ0n) is 16.8. The molecule has 6 heteroatoms. The van der Waals surface area contributed by atoms with Crippen LogP contribution in [0.25, 0.3) is 21.9 Å². The predicted octanol–water partition coefficient (Wildman–Crippen LogP) is 5.00. The van der Waals surface area contributed by atoms with Crippen molar-refractivity contribution < 1.29 is 13.9 Å². The first kappa shape index (κ1) is 18.9. The van der Waals surface area contributed by atoms with Crippen molar-refractivity contribution in [2.24, 2.45) is 7.05 Å². The van der Waals surface area contributed by atoms with Crippen LogP contribution in [-0.2, 0) is 19.9 Å². The minimum absolute atomic E-state index is 0.129. The highest BCUT2D eigenvalue weighted by Gasteiger charge is 2.22. The maximum absolute atomic E-state index is 13.0. The first-order valence-corrected chi connectivity index (χ1v) is 10.3. The SMILES string of the molecule is Cc1c(C(=O)COc2cc3oc(=O)c4c(c3cc2Cl)CCC4)c2ccccc2n1C. The van der Waals surface area contributed by atoms with Gasteiger partial charge < -0.3 is 13.7 Å². The number of nitrogens with zero attached hydrogens (tertiary/aromatic N) is 1. The van der Waals surface area contributed by atoms with E-state index in [4.69, 9.17) is 20.8 Å². The minimum atomic E-state index is -0.300. The average molecular weight is 422 g/mol. The number of para-hydroxylation sites is 1. The molecule has 2 aromatic heterocycles. The van der Waals surface area contributed by atoms with Gasteiger partial charge >= 0.3 is 5.63 Å². The lowest BCUT2D eigenvalue weighted by Crippen LogP contribution is -2.13. The molecule has 5 rings (SSSR count). The van der Waals surface area contributed by atoms with E-state index in [2.05, 4.69) is 0 Å². The Kier molecular flexibility index (Phi) is 4.44. The van der Waals surface area contributed by atoms with Gasteiger partial charge in [0.25, 0.3) is 0 Å². The molecule has 0 aliphatic heterocycles. The zero-order valence-corrected chi connectivity index (χ0v) is 17.5. The molecule has 1 aliphatic rings. The monoisotopic (exact) mass is 421 g/mol. The van der Waals surface area contributed by atoms with E-state index in [9.17, 15) is 9.59 Å². The molecule has 0 spiro atoms. The van der Waals surface area contributed by atoms with E-state index in [1.807, 2.05) is 42.8 Å². The van der Waals surface area contributed by atoms with Gasteiger partial charge in [0.05, 0.1) is 5.02 Å². The summed E-state index contributed by atoms with van der Waals surface area (Å²) in [7, 11) is 1.94. The molecular formula is C24H20ClNO4. The molecule has 0 radical (unpaired) electrons. The maximum Gasteiger partial charge on any atom is 0.339 e. The average Bonchev–Trinajstić information content (AvgIpc) is 3.32. The molecule has 0 amide bonds. The number of carbonyl (C=O) groups is 1. The summed E-state index contributed by atoms with van der Waals surface area (Å²) in [4.78, 5) is 25.2. The van der Waals surface area contributed by atoms with E-state index in [-0.39, 0.29) is 18.0 Å². The Labute approximate surface area is 177 Å². The zero-order chi connectivity index (χ0) is 21.0. The van der Waals surface area contributed by atoms with Gasteiger partial charge in [-0.2, -0.15) is 0 Å². The molecule has 0 fully saturated rings. The molecule has 0 saturated carbocycles. The van der Waals surface area contributed by atoms with Crippen LogP contribution in [-0.4, -0.2) is 17.0 Å². The van der Waals surface area contributed by atoms with Crippen LogP contribution in [0.1, 0.15) is 33.6 Å². The van der Waals surface area contributed by atoms with Crippen molar-refractivity contribution >= 4 is 39.3 Å². The Bertz CT molecular complexity index is 1400. The van der Waals surface area contributed by atoms with Crippen molar-refractivity contribution in [3.8, 4) is 5.75 Å². The van der Waals surface area contributed by atoms with Gasteiger partial charge in [-0.1, -0.05) is 29.8 Å². The van der Waals surface area contributed by atoms with E-state index >= 15 is 0 Å². The summed E-state index contributed by atoms with van der Waals surface area (Å²) in [5.41, 5.74) is 4.42. The summed E-state index contributed by atoms with van der Waals surface area (Å²) in [5, 5.41) is 2.14. The molecule has 0 unspecified atom stereocenters. The van der Waals surface area contributed by atoms with Gasteiger partial charge in [0, 0.05) is 46.2 Å². The van der Waals surface area contributed by atoms with E-state index in [0.29, 0.717) is 21.9 Å². The van der Waals surface area contributed by atoms with Crippen LogP contribution in [0, 0.1) is 6.92 Å². The fourth-order valence-electron chi connectivity index (χ4n) is 4.48. The van der Waals surface area contributed by atoms with Crippen molar-refractivity contribution in [1.29, 1.82) is 0 Å². The van der Waals surface area contributed by atoms with Crippen molar-refractivity contribution in [2.75, 3.05) is 6.61 Å². The Balaban J connectivity index is 1.48. The summed E-state index contributed by atoms with van der Waals surface area (Å²) < 4.78 is 13.3. The van der Waals surface area contributed by atoms with Gasteiger partial charge in [-0.05, 0) is 43.9 Å². The molecule has 1 aliphatic carbocycles. The number of hydrogen-bond donors (Lipinski definition) is 0. The number of halogens is 1. The highest BCUT2D eigenvalue weighted by atomic mass is 35.5. The molecule has 0 saturated heterocycles. The van der Waals surface area contributed by atoms with E-state index in [1.54, 1.807) is 12.1 Å². The predicted molar refractivity (Wildman–Crippen MR) is 117 cm³/mol. The van der Waals surface area contributed by atoms with Crippen LogP contribution in [0.5, 0.6) is 5.75 Å². The van der Waals surface area contributed by atoms with Crippen molar-refractivity contribution in [2.45, 2.75) is 26.2 Å². The maximum atomic E-state index is 13.0. The fraction of sp³-hybridized carbons (Fsp3) is 0.250. The molecule has 4 aromatic rings. The lowest BCUT2D eigenvalue weighted by molar-refractivity contribution is 0.0922. The first-order valence-electron chi connectivity index (χ1n) is 9.94. The molecule has 2 heterocycles. The van der Waals surface area contributed by atoms with Crippen LogP contribution in [0.2, 0.25) is 5.02 Å². The summed E-state index contributed by atoms with van der Waals surface area (Å²) in [6.07, 6.45) is 2.52. The molecule has 0 N–H and O–H groups in total. The first-order chi connectivity index (χ1) is 14.5. The number of carbonyl (C=O) groups excluding carboxylic acids is 1. The lowest BCUT2D eigenvalue weighted by Gasteiger charge is -2.10. The standard InChI is InChI=1S/C24H20ClNO4/c1-13-23(16-6-3-4-9-19(16)26(13)2)20(27)12-29-22-11-21-17(10-18(22)25)14-7-5-8-15(14)24(28)30-21/h3-4,6,9-11H,5,7-8,12H2,1-2H3. The van der Waals surface area contributed by atoms with Gasteiger partial charge in [-0.3, -0.25) is 4.79 Å². The summed E-state index contributed by atoms with van der Waals surface area (Å²) in [6.45, 7) is 1.76. The third kappa shape index (κ3) is 2.84. The number of benzene rings is 2. The second-order valence-electron chi connectivity index (χ2n) is 7.73. The van der Waals surface area contributed by atoms with Crippen LogP contribution < -0.4 is 10.4 Å². The van der Waals surface area contributed by atoms with Crippen molar-refractivity contribution in [3.63, 3.8) is 0 Å². The Hall–Kier alpha value is -3.05. The smallest absolute Gasteiger partial charge is 0.339 e. The van der Waals surface area contributed by atoms with Crippen LogP contribution in [0.3, 0.4) is 0 Å². The lowest BCUT2D eigenvalue weighted by atomic mass is 10.1. The number of Topliss-reactive ketones (excluding diaryl/α,β-unsaturated/α-hetero) is 1. The Morgan fingerprint density at radius 3 is 2.77 bits per heavy atom.